The molecule has 0 atom stereocenters. The molecule has 2 heterocycles. The van der Waals surface area contributed by atoms with Gasteiger partial charge in [0.1, 0.15) is 4.60 Å². The molecule has 0 fully saturated rings. The number of rotatable bonds is 4. The number of sulfonamides is 1. The van der Waals surface area contributed by atoms with Crippen LogP contribution in [0.5, 0.6) is 0 Å². The summed E-state index contributed by atoms with van der Waals surface area (Å²) in [7, 11) is -3.88. The highest BCUT2D eigenvalue weighted by Gasteiger charge is 2.21. The molecule has 112 valence electrons. The highest BCUT2D eigenvalue weighted by atomic mass is 79.9. The smallest absolute Gasteiger partial charge is 0.291 e. The Labute approximate surface area is 133 Å². The van der Waals surface area contributed by atoms with Gasteiger partial charge in [-0.1, -0.05) is 11.3 Å². The second-order valence-electron chi connectivity index (χ2n) is 3.93. The van der Waals surface area contributed by atoms with Crippen molar-refractivity contribution < 1.29 is 13.2 Å². The average molecular weight is 392 g/mol. The first-order valence-corrected chi connectivity index (χ1v) is 8.64. The highest BCUT2D eigenvalue weighted by Crippen LogP contribution is 2.24. The summed E-state index contributed by atoms with van der Waals surface area (Å²) in [6, 6.07) is 3.20. The Morgan fingerprint density at radius 1 is 1.33 bits per heavy atom. The predicted molar refractivity (Wildman–Crippen MR) is 81.7 cm³/mol. The quantitative estimate of drug-likeness (QED) is 0.606. The number of halogens is 1. The third-order valence-corrected chi connectivity index (χ3v) is 5.23. The molecule has 0 spiro atoms. The largest absolute Gasteiger partial charge is 0.301 e. The number of hydrogen-bond donors (Lipinski definition) is 2. The van der Waals surface area contributed by atoms with Gasteiger partial charge in [-0.05, 0) is 35.0 Å². The fourth-order valence-corrected chi connectivity index (χ4v) is 3.81. The lowest BCUT2D eigenvalue weighted by molar-refractivity contribution is -0.114. The van der Waals surface area contributed by atoms with Crippen LogP contribution in [-0.4, -0.2) is 29.5 Å². The van der Waals surface area contributed by atoms with Crippen LogP contribution in [0.25, 0.3) is 0 Å². The molecule has 2 aromatic rings. The lowest BCUT2D eigenvalue weighted by Gasteiger charge is -2.07. The van der Waals surface area contributed by atoms with Gasteiger partial charge in [-0.15, -0.1) is 10.2 Å². The second-order valence-corrected chi connectivity index (χ2v) is 7.57. The number of carbonyl (C=O) groups excluding carboxylic acids is 1. The lowest BCUT2D eigenvalue weighted by Crippen LogP contribution is -2.14. The van der Waals surface area contributed by atoms with Crippen LogP contribution >= 0.6 is 27.3 Å². The van der Waals surface area contributed by atoms with E-state index in [1.165, 1.54) is 6.92 Å². The van der Waals surface area contributed by atoms with Gasteiger partial charge < -0.3 is 5.32 Å². The number of nitrogens with one attached hydrogen (secondary N) is 2. The van der Waals surface area contributed by atoms with Gasteiger partial charge in [0.15, 0.2) is 0 Å². The van der Waals surface area contributed by atoms with Crippen LogP contribution in [0.1, 0.15) is 12.6 Å². The number of amides is 1. The molecule has 0 aliphatic rings. The minimum Gasteiger partial charge on any atom is -0.301 e. The number of hydrogen-bond acceptors (Lipinski definition) is 7. The van der Waals surface area contributed by atoms with Gasteiger partial charge in [0.05, 0.1) is 11.4 Å². The molecule has 1 amide bonds. The SMILES string of the molecule is CC(=O)Nc1nnc(S(=O)(=O)Nc2ccc(Br)nc2C)s1. The zero-order valence-corrected chi connectivity index (χ0v) is 14.1. The number of nitrogens with zero attached hydrogens (tertiary/aromatic N) is 3. The molecule has 0 bridgehead atoms. The Kier molecular flexibility index (Phi) is 4.54. The standard InChI is InChI=1S/C10H10BrN5O3S2/c1-5-7(3-4-8(11)12-5)16-21(18,19)10-15-14-9(20-10)13-6(2)17/h3-4,16H,1-2H3,(H,13,14,17). The predicted octanol–water partition coefficient (Wildman–Crippen LogP) is 1.76. The molecule has 11 heteroatoms. The van der Waals surface area contributed by atoms with Gasteiger partial charge in [-0.3, -0.25) is 9.52 Å². The monoisotopic (exact) mass is 391 g/mol. The molecule has 21 heavy (non-hydrogen) atoms. The number of pyridine rings is 1. The van der Waals surface area contributed by atoms with E-state index >= 15 is 0 Å². The van der Waals surface area contributed by atoms with Crippen LogP contribution in [0.2, 0.25) is 0 Å². The van der Waals surface area contributed by atoms with Crippen LogP contribution in [0.3, 0.4) is 0 Å². The summed E-state index contributed by atoms with van der Waals surface area (Å²) in [4.78, 5) is 15.0. The summed E-state index contributed by atoms with van der Waals surface area (Å²) in [6.07, 6.45) is 0. The van der Waals surface area contributed by atoms with Crippen molar-refractivity contribution in [3.63, 3.8) is 0 Å². The van der Waals surface area contributed by atoms with E-state index in [9.17, 15) is 13.2 Å². The first-order valence-electron chi connectivity index (χ1n) is 5.55. The van der Waals surface area contributed by atoms with Crippen molar-refractivity contribution in [1.82, 2.24) is 15.2 Å². The zero-order chi connectivity index (χ0) is 15.6. The molecule has 8 nitrogen and oxygen atoms in total. The maximum absolute atomic E-state index is 12.2. The van der Waals surface area contributed by atoms with Crippen molar-refractivity contribution >= 4 is 54.0 Å². The second kappa shape index (κ2) is 6.03. The van der Waals surface area contributed by atoms with Crippen molar-refractivity contribution in [3.8, 4) is 0 Å². The molecule has 0 aliphatic carbocycles. The fraction of sp³-hybridized carbons (Fsp3) is 0.200. The maximum Gasteiger partial charge on any atom is 0.291 e. The number of anilines is 2. The van der Waals surface area contributed by atoms with Crippen LogP contribution < -0.4 is 10.0 Å². The number of aromatic nitrogens is 3. The van der Waals surface area contributed by atoms with Crippen LogP contribution in [-0.2, 0) is 14.8 Å². The van der Waals surface area contributed by atoms with Gasteiger partial charge in [-0.25, -0.2) is 4.98 Å². The van der Waals surface area contributed by atoms with Crippen molar-refractivity contribution in [2.45, 2.75) is 18.2 Å². The fourth-order valence-electron chi connectivity index (χ4n) is 1.35. The number of aryl methyl sites for hydroxylation is 1. The molecular formula is C10H10BrN5O3S2. The normalized spacial score (nSPS) is 11.2. The third-order valence-electron chi connectivity index (χ3n) is 2.22. The first-order chi connectivity index (χ1) is 9.78. The Morgan fingerprint density at radius 3 is 2.67 bits per heavy atom. The molecule has 0 aromatic carbocycles. The Bertz CT molecular complexity index is 790. The van der Waals surface area contributed by atoms with Gasteiger partial charge in [0.25, 0.3) is 14.4 Å². The third kappa shape index (κ3) is 3.95. The van der Waals surface area contributed by atoms with E-state index in [4.69, 9.17) is 0 Å². The Balaban J connectivity index is 2.25. The van der Waals surface area contributed by atoms with Gasteiger partial charge in [-0.2, -0.15) is 8.42 Å². The van der Waals surface area contributed by atoms with Crippen LogP contribution in [0.4, 0.5) is 10.8 Å². The van der Waals surface area contributed by atoms with E-state index in [1.807, 2.05) is 0 Å². The molecule has 2 rings (SSSR count). The van der Waals surface area contributed by atoms with Crippen LogP contribution in [0.15, 0.2) is 21.1 Å². The summed E-state index contributed by atoms with van der Waals surface area (Å²) in [6.45, 7) is 2.97. The molecule has 0 saturated carbocycles. The summed E-state index contributed by atoms with van der Waals surface area (Å²) in [5.41, 5.74) is 0.856. The van der Waals surface area contributed by atoms with Crippen LogP contribution in [0, 0.1) is 6.92 Å². The molecule has 2 N–H and O–H groups in total. The Morgan fingerprint density at radius 2 is 2.05 bits per heavy atom. The minimum absolute atomic E-state index is 0.119. The maximum atomic E-state index is 12.2. The summed E-state index contributed by atoms with van der Waals surface area (Å²) < 4.78 is 27.1. The van der Waals surface area contributed by atoms with Gasteiger partial charge in [0, 0.05) is 6.92 Å². The van der Waals surface area contributed by atoms with E-state index < -0.39 is 10.0 Å². The van der Waals surface area contributed by atoms with E-state index in [1.54, 1.807) is 19.1 Å². The zero-order valence-electron chi connectivity index (χ0n) is 10.9. The van der Waals surface area contributed by atoms with Crippen molar-refractivity contribution in [1.29, 1.82) is 0 Å². The molecular weight excluding hydrogens is 382 g/mol. The minimum atomic E-state index is -3.88. The number of carbonyl (C=O) groups is 1. The van der Waals surface area contributed by atoms with Gasteiger partial charge >= 0.3 is 0 Å². The molecule has 0 radical (unpaired) electrons. The lowest BCUT2D eigenvalue weighted by atomic mass is 10.3. The average Bonchev–Trinajstić information content (AvgIpc) is 2.81. The highest BCUT2D eigenvalue weighted by molar-refractivity contribution is 9.10. The first kappa shape index (κ1) is 15.8. The topological polar surface area (TPSA) is 114 Å². The molecule has 0 unspecified atom stereocenters. The molecule has 0 saturated heterocycles. The van der Waals surface area contributed by atoms with E-state index in [0.717, 1.165) is 11.3 Å². The molecule has 2 aromatic heterocycles. The summed E-state index contributed by atoms with van der Waals surface area (Å²) in [5, 5.41) is 9.65. The van der Waals surface area contributed by atoms with E-state index in [0.29, 0.717) is 16.0 Å². The van der Waals surface area contributed by atoms with Gasteiger partial charge in [0.2, 0.25) is 11.0 Å². The van der Waals surface area contributed by atoms with Crippen molar-refractivity contribution in [3.05, 3.63) is 22.4 Å². The summed E-state index contributed by atoms with van der Waals surface area (Å²) in [5.74, 6) is -0.351. The van der Waals surface area contributed by atoms with Crippen molar-refractivity contribution in [2.75, 3.05) is 10.0 Å². The molecule has 0 aliphatic heterocycles. The summed E-state index contributed by atoms with van der Waals surface area (Å²) >= 11 is 3.96. The van der Waals surface area contributed by atoms with E-state index in [2.05, 4.69) is 41.2 Å². The van der Waals surface area contributed by atoms with Crippen molar-refractivity contribution in [2.24, 2.45) is 0 Å². The Hall–Kier alpha value is -1.59. The van der Waals surface area contributed by atoms with E-state index in [-0.39, 0.29) is 15.4 Å².